The number of fused-ring (bicyclic) bond motifs is 3. The third-order valence-corrected chi connectivity index (χ3v) is 5.78. The summed E-state index contributed by atoms with van der Waals surface area (Å²) in [6, 6.07) is 26.6. The molecule has 3 nitrogen and oxygen atoms in total. The van der Waals surface area contributed by atoms with E-state index in [9.17, 15) is 8.78 Å². The van der Waals surface area contributed by atoms with Gasteiger partial charge in [0.05, 0.1) is 28.1 Å². The Morgan fingerprint density at radius 2 is 1.21 bits per heavy atom. The number of aromatic amines is 1. The van der Waals surface area contributed by atoms with E-state index in [0.29, 0.717) is 33.2 Å². The first-order valence-electron chi connectivity index (χ1n) is 10.6. The standard InChI is InChI=1S/C28H17F2N3/c29-18-13-20(17-7-2-1-3-8-17)27-21(14-18)22-15-19(30)16-23(28(22)33-27)24-10-6-11-26(32-24)25-9-4-5-12-31-25/h1-16,33H. The minimum atomic E-state index is -0.408. The van der Waals surface area contributed by atoms with Crippen molar-refractivity contribution < 1.29 is 8.78 Å². The van der Waals surface area contributed by atoms with Crippen LogP contribution in [0.1, 0.15) is 0 Å². The number of hydrogen-bond acceptors (Lipinski definition) is 2. The zero-order valence-corrected chi connectivity index (χ0v) is 17.4. The molecule has 5 heteroatoms. The molecule has 158 valence electrons. The lowest BCUT2D eigenvalue weighted by molar-refractivity contribution is 0.629. The molecule has 0 amide bonds. The normalized spacial score (nSPS) is 11.3. The maximum absolute atomic E-state index is 14.8. The lowest BCUT2D eigenvalue weighted by atomic mass is 10.0. The number of halogens is 2. The van der Waals surface area contributed by atoms with E-state index in [4.69, 9.17) is 4.98 Å². The molecule has 0 radical (unpaired) electrons. The molecule has 0 unspecified atom stereocenters. The highest BCUT2D eigenvalue weighted by Crippen LogP contribution is 2.38. The topological polar surface area (TPSA) is 41.6 Å². The summed E-state index contributed by atoms with van der Waals surface area (Å²) in [7, 11) is 0. The largest absolute Gasteiger partial charge is 0.353 e. The van der Waals surface area contributed by atoms with Crippen molar-refractivity contribution in [2.45, 2.75) is 0 Å². The van der Waals surface area contributed by atoms with Crippen molar-refractivity contribution in [2.75, 3.05) is 0 Å². The number of pyridine rings is 2. The zero-order chi connectivity index (χ0) is 22.4. The van der Waals surface area contributed by atoms with Crippen molar-refractivity contribution >= 4 is 21.8 Å². The Labute approximate surface area is 188 Å². The molecule has 0 spiro atoms. The van der Waals surface area contributed by atoms with Crippen molar-refractivity contribution in [3.8, 4) is 33.8 Å². The minimum absolute atomic E-state index is 0.372. The average Bonchev–Trinajstić information content (AvgIpc) is 3.22. The monoisotopic (exact) mass is 433 g/mol. The van der Waals surface area contributed by atoms with Gasteiger partial charge in [-0.15, -0.1) is 0 Å². The Hall–Kier alpha value is -4.38. The number of nitrogens with zero attached hydrogens (tertiary/aromatic N) is 2. The van der Waals surface area contributed by atoms with E-state index in [-0.39, 0.29) is 5.82 Å². The first kappa shape index (κ1) is 19.3. The fraction of sp³-hybridized carbons (Fsp3) is 0. The van der Waals surface area contributed by atoms with Crippen LogP contribution in [0.15, 0.2) is 97.2 Å². The van der Waals surface area contributed by atoms with Gasteiger partial charge in [-0.2, -0.15) is 0 Å². The van der Waals surface area contributed by atoms with Crippen LogP contribution in [0.4, 0.5) is 8.78 Å². The molecule has 1 N–H and O–H groups in total. The van der Waals surface area contributed by atoms with Gasteiger partial charge in [0.1, 0.15) is 11.6 Å². The minimum Gasteiger partial charge on any atom is -0.353 e. The highest BCUT2D eigenvalue weighted by Gasteiger charge is 2.17. The average molecular weight is 433 g/mol. The van der Waals surface area contributed by atoms with Crippen LogP contribution in [-0.2, 0) is 0 Å². The SMILES string of the molecule is Fc1cc(-c2ccccc2)c2[nH]c3c(-c4cccc(-c5ccccn5)n4)cc(F)cc3c2c1. The van der Waals surface area contributed by atoms with E-state index in [2.05, 4.69) is 9.97 Å². The second-order valence-electron chi connectivity index (χ2n) is 7.87. The van der Waals surface area contributed by atoms with E-state index in [0.717, 1.165) is 22.3 Å². The van der Waals surface area contributed by atoms with E-state index < -0.39 is 5.82 Å². The summed E-state index contributed by atoms with van der Waals surface area (Å²) in [5.74, 6) is -0.780. The summed E-state index contributed by atoms with van der Waals surface area (Å²) in [6.45, 7) is 0. The first-order chi connectivity index (χ1) is 16.2. The van der Waals surface area contributed by atoms with Crippen LogP contribution in [0, 0.1) is 11.6 Å². The Bertz CT molecular complexity index is 1620. The zero-order valence-electron chi connectivity index (χ0n) is 17.4. The number of benzene rings is 3. The summed E-state index contributed by atoms with van der Waals surface area (Å²) >= 11 is 0. The van der Waals surface area contributed by atoms with Gasteiger partial charge in [0.25, 0.3) is 0 Å². The maximum atomic E-state index is 14.8. The van der Waals surface area contributed by atoms with Gasteiger partial charge >= 0.3 is 0 Å². The van der Waals surface area contributed by atoms with E-state index in [1.807, 2.05) is 66.7 Å². The van der Waals surface area contributed by atoms with Crippen LogP contribution in [0.25, 0.3) is 55.6 Å². The Kier molecular flexibility index (Phi) is 4.47. The molecule has 0 aliphatic carbocycles. The fourth-order valence-corrected chi connectivity index (χ4v) is 4.32. The predicted octanol–water partition coefficient (Wildman–Crippen LogP) is 7.39. The summed E-state index contributed by atoms with van der Waals surface area (Å²) in [6.07, 6.45) is 1.71. The molecule has 0 aliphatic heterocycles. The number of H-pyrrole nitrogens is 1. The number of hydrogen-bond donors (Lipinski definition) is 1. The molecule has 0 saturated heterocycles. The molecular formula is C28H17F2N3. The van der Waals surface area contributed by atoms with Gasteiger partial charge in [-0.25, -0.2) is 13.8 Å². The Morgan fingerprint density at radius 1 is 0.576 bits per heavy atom. The lowest BCUT2D eigenvalue weighted by Crippen LogP contribution is -1.91. The molecule has 3 aromatic heterocycles. The van der Waals surface area contributed by atoms with E-state index >= 15 is 0 Å². The van der Waals surface area contributed by atoms with Crippen LogP contribution in [0.3, 0.4) is 0 Å². The van der Waals surface area contributed by atoms with Gasteiger partial charge < -0.3 is 4.98 Å². The summed E-state index contributed by atoms with van der Waals surface area (Å²) in [4.78, 5) is 12.6. The van der Waals surface area contributed by atoms with Crippen LogP contribution >= 0.6 is 0 Å². The Balaban J connectivity index is 1.63. The molecule has 3 aromatic carbocycles. The van der Waals surface area contributed by atoms with Crippen molar-refractivity contribution in [3.05, 3.63) is 109 Å². The maximum Gasteiger partial charge on any atom is 0.124 e. The molecule has 0 aliphatic rings. The summed E-state index contributed by atoms with van der Waals surface area (Å²) in [5.41, 5.74) is 5.71. The second kappa shape index (κ2) is 7.64. The number of nitrogens with one attached hydrogen (secondary N) is 1. The van der Waals surface area contributed by atoms with Gasteiger partial charge in [-0.1, -0.05) is 42.5 Å². The molecule has 0 fully saturated rings. The van der Waals surface area contributed by atoms with Gasteiger partial charge in [-0.3, -0.25) is 4.98 Å². The van der Waals surface area contributed by atoms with Crippen LogP contribution in [0.5, 0.6) is 0 Å². The third kappa shape index (κ3) is 3.34. The van der Waals surface area contributed by atoms with Crippen molar-refractivity contribution in [1.82, 2.24) is 15.0 Å². The summed E-state index contributed by atoms with van der Waals surface area (Å²) in [5, 5.41) is 1.24. The fourth-order valence-electron chi connectivity index (χ4n) is 4.32. The lowest BCUT2D eigenvalue weighted by Gasteiger charge is -2.06. The van der Waals surface area contributed by atoms with Gasteiger partial charge in [0.2, 0.25) is 0 Å². The number of rotatable bonds is 3. The molecular weight excluding hydrogens is 416 g/mol. The molecule has 0 bridgehead atoms. The van der Waals surface area contributed by atoms with Crippen LogP contribution in [-0.4, -0.2) is 15.0 Å². The molecule has 6 aromatic rings. The quantitative estimate of drug-likeness (QED) is 0.316. The molecule has 0 saturated carbocycles. The van der Waals surface area contributed by atoms with E-state index in [1.165, 1.54) is 24.3 Å². The Morgan fingerprint density at radius 3 is 1.94 bits per heavy atom. The molecule has 3 heterocycles. The first-order valence-corrected chi connectivity index (χ1v) is 10.6. The molecule has 33 heavy (non-hydrogen) atoms. The van der Waals surface area contributed by atoms with Crippen molar-refractivity contribution in [1.29, 1.82) is 0 Å². The molecule has 0 atom stereocenters. The highest BCUT2D eigenvalue weighted by molar-refractivity contribution is 6.15. The van der Waals surface area contributed by atoms with Crippen molar-refractivity contribution in [3.63, 3.8) is 0 Å². The van der Waals surface area contributed by atoms with Crippen molar-refractivity contribution in [2.24, 2.45) is 0 Å². The number of aromatic nitrogens is 3. The summed E-state index contributed by atoms with van der Waals surface area (Å²) < 4.78 is 29.4. The smallest absolute Gasteiger partial charge is 0.124 e. The van der Waals surface area contributed by atoms with Gasteiger partial charge in [0.15, 0.2) is 0 Å². The van der Waals surface area contributed by atoms with Gasteiger partial charge in [0, 0.05) is 28.1 Å². The van der Waals surface area contributed by atoms with Gasteiger partial charge in [-0.05, 0) is 54.1 Å². The molecule has 6 rings (SSSR count). The van der Waals surface area contributed by atoms with Crippen LogP contribution < -0.4 is 0 Å². The van der Waals surface area contributed by atoms with E-state index in [1.54, 1.807) is 6.20 Å². The third-order valence-electron chi connectivity index (χ3n) is 5.78. The van der Waals surface area contributed by atoms with Crippen LogP contribution in [0.2, 0.25) is 0 Å². The second-order valence-corrected chi connectivity index (χ2v) is 7.87. The predicted molar refractivity (Wildman–Crippen MR) is 128 cm³/mol. The highest BCUT2D eigenvalue weighted by atomic mass is 19.1.